The summed E-state index contributed by atoms with van der Waals surface area (Å²) in [5.41, 5.74) is 1.12. The van der Waals surface area contributed by atoms with E-state index in [0.29, 0.717) is 18.6 Å². The lowest BCUT2D eigenvalue weighted by Crippen LogP contribution is -2.32. The van der Waals surface area contributed by atoms with Gasteiger partial charge in [-0.25, -0.2) is 4.98 Å². The van der Waals surface area contributed by atoms with Gasteiger partial charge in [0.2, 0.25) is 0 Å². The quantitative estimate of drug-likeness (QED) is 0.843. The van der Waals surface area contributed by atoms with Crippen molar-refractivity contribution < 1.29 is 9.47 Å². The first-order chi connectivity index (χ1) is 10.9. The molecular formula is C16H19N3O2S. The molecule has 0 spiro atoms. The fourth-order valence-electron chi connectivity index (χ4n) is 3.34. The fourth-order valence-corrected chi connectivity index (χ4v) is 3.98. The molecule has 2 aliphatic rings. The van der Waals surface area contributed by atoms with E-state index in [2.05, 4.69) is 20.9 Å². The first-order valence-electron chi connectivity index (χ1n) is 7.61. The molecule has 0 aliphatic carbocycles. The minimum Gasteiger partial charge on any atom is -0.379 e. The third-order valence-corrected chi connectivity index (χ3v) is 5.23. The SMILES string of the molecule is c1cncc(CO[C@H]2CN(Cc3nccs3)[C@@H]3COC[C@H]23)c1. The van der Waals surface area contributed by atoms with Gasteiger partial charge in [0.1, 0.15) is 5.01 Å². The van der Waals surface area contributed by atoms with Crippen LogP contribution in [0.2, 0.25) is 0 Å². The molecule has 6 heteroatoms. The number of fused-ring (bicyclic) bond motifs is 1. The van der Waals surface area contributed by atoms with E-state index < -0.39 is 0 Å². The molecule has 2 fully saturated rings. The molecule has 4 heterocycles. The minimum absolute atomic E-state index is 0.229. The van der Waals surface area contributed by atoms with Gasteiger partial charge in [0.15, 0.2) is 0 Å². The van der Waals surface area contributed by atoms with Crippen molar-refractivity contribution in [2.24, 2.45) is 5.92 Å². The van der Waals surface area contributed by atoms with E-state index >= 15 is 0 Å². The van der Waals surface area contributed by atoms with Crippen LogP contribution in [0.15, 0.2) is 36.1 Å². The Kier molecular flexibility index (Phi) is 4.16. The third kappa shape index (κ3) is 2.92. The molecule has 2 saturated heterocycles. The Bertz CT molecular complexity index is 593. The molecule has 0 bridgehead atoms. The lowest BCUT2D eigenvalue weighted by Gasteiger charge is -2.20. The van der Waals surface area contributed by atoms with Crippen molar-refractivity contribution in [3.8, 4) is 0 Å². The average molecular weight is 317 g/mol. The van der Waals surface area contributed by atoms with Crippen molar-refractivity contribution in [1.29, 1.82) is 0 Å². The van der Waals surface area contributed by atoms with Crippen molar-refractivity contribution in [2.45, 2.75) is 25.3 Å². The molecule has 0 radical (unpaired) electrons. The highest BCUT2D eigenvalue weighted by Crippen LogP contribution is 2.33. The number of likely N-dealkylation sites (tertiary alicyclic amines) is 1. The maximum absolute atomic E-state index is 6.17. The third-order valence-electron chi connectivity index (χ3n) is 4.46. The van der Waals surface area contributed by atoms with E-state index in [1.807, 2.05) is 23.8 Å². The zero-order chi connectivity index (χ0) is 14.8. The number of thiazole rings is 1. The number of pyridine rings is 1. The van der Waals surface area contributed by atoms with Gasteiger partial charge in [-0.15, -0.1) is 11.3 Å². The van der Waals surface area contributed by atoms with Gasteiger partial charge in [-0.2, -0.15) is 0 Å². The van der Waals surface area contributed by atoms with Gasteiger partial charge >= 0.3 is 0 Å². The van der Waals surface area contributed by atoms with Gasteiger partial charge in [-0.1, -0.05) is 6.07 Å². The monoisotopic (exact) mass is 317 g/mol. The summed E-state index contributed by atoms with van der Waals surface area (Å²) in [6.45, 7) is 4.08. The molecule has 2 aromatic rings. The molecule has 0 aromatic carbocycles. The Morgan fingerprint density at radius 2 is 2.36 bits per heavy atom. The number of hydrogen-bond acceptors (Lipinski definition) is 6. The second kappa shape index (κ2) is 6.42. The second-order valence-corrected chi connectivity index (χ2v) is 6.81. The van der Waals surface area contributed by atoms with E-state index in [-0.39, 0.29) is 6.10 Å². The van der Waals surface area contributed by atoms with Crippen LogP contribution in [0, 0.1) is 5.92 Å². The molecule has 22 heavy (non-hydrogen) atoms. The van der Waals surface area contributed by atoms with Crippen molar-refractivity contribution >= 4 is 11.3 Å². The highest BCUT2D eigenvalue weighted by atomic mass is 32.1. The number of ether oxygens (including phenoxy) is 2. The summed E-state index contributed by atoms with van der Waals surface area (Å²) in [6, 6.07) is 4.46. The van der Waals surface area contributed by atoms with Crippen LogP contribution in [0.3, 0.4) is 0 Å². The molecule has 0 N–H and O–H groups in total. The maximum atomic E-state index is 6.17. The van der Waals surface area contributed by atoms with Crippen LogP contribution in [0.1, 0.15) is 10.6 Å². The molecule has 3 atom stereocenters. The Morgan fingerprint density at radius 3 is 3.18 bits per heavy atom. The summed E-state index contributed by atoms with van der Waals surface area (Å²) < 4.78 is 11.9. The molecular weight excluding hydrogens is 298 g/mol. The van der Waals surface area contributed by atoms with Crippen LogP contribution in [0.25, 0.3) is 0 Å². The summed E-state index contributed by atoms with van der Waals surface area (Å²) in [7, 11) is 0. The van der Waals surface area contributed by atoms with E-state index in [4.69, 9.17) is 9.47 Å². The van der Waals surface area contributed by atoms with Crippen molar-refractivity contribution in [2.75, 3.05) is 19.8 Å². The van der Waals surface area contributed by atoms with Crippen LogP contribution in [-0.2, 0) is 22.6 Å². The highest BCUT2D eigenvalue weighted by molar-refractivity contribution is 7.09. The summed E-state index contributed by atoms with van der Waals surface area (Å²) in [5.74, 6) is 0.469. The Hall–Kier alpha value is -1.34. The molecule has 2 aromatic heterocycles. The molecule has 2 aliphatic heterocycles. The van der Waals surface area contributed by atoms with Gasteiger partial charge in [-0.05, 0) is 11.6 Å². The van der Waals surface area contributed by atoms with Crippen LogP contribution >= 0.6 is 11.3 Å². The predicted molar refractivity (Wildman–Crippen MR) is 83.4 cm³/mol. The molecule has 0 saturated carbocycles. The molecule has 5 nitrogen and oxygen atoms in total. The zero-order valence-electron chi connectivity index (χ0n) is 12.3. The van der Waals surface area contributed by atoms with Crippen LogP contribution in [0.5, 0.6) is 0 Å². The number of aromatic nitrogens is 2. The molecule has 0 unspecified atom stereocenters. The normalized spacial score (nSPS) is 28.1. The first-order valence-corrected chi connectivity index (χ1v) is 8.49. The van der Waals surface area contributed by atoms with Crippen LogP contribution < -0.4 is 0 Å². The lowest BCUT2D eigenvalue weighted by molar-refractivity contribution is 0.00869. The van der Waals surface area contributed by atoms with Crippen molar-refractivity contribution in [1.82, 2.24) is 14.9 Å². The van der Waals surface area contributed by atoms with Crippen molar-refractivity contribution in [3.05, 3.63) is 46.7 Å². The van der Waals surface area contributed by atoms with Gasteiger partial charge in [0.25, 0.3) is 0 Å². The minimum atomic E-state index is 0.229. The van der Waals surface area contributed by atoms with Gasteiger partial charge < -0.3 is 9.47 Å². The fraction of sp³-hybridized carbons (Fsp3) is 0.500. The van der Waals surface area contributed by atoms with Gasteiger partial charge in [0.05, 0.1) is 32.5 Å². The number of rotatable bonds is 5. The largest absolute Gasteiger partial charge is 0.379 e. The topological polar surface area (TPSA) is 47.5 Å². The summed E-state index contributed by atoms with van der Waals surface area (Å²) >= 11 is 1.71. The molecule has 4 rings (SSSR count). The van der Waals surface area contributed by atoms with Crippen LogP contribution in [-0.4, -0.2) is 46.8 Å². The Balaban J connectivity index is 1.40. The summed E-state index contributed by atoms with van der Waals surface area (Å²) in [5, 5.41) is 3.20. The Morgan fingerprint density at radius 1 is 1.36 bits per heavy atom. The highest BCUT2D eigenvalue weighted by Gasteiger charge is 2.46. The smallest absolute Gasteiger partial charge is 0.107 e. The standard InChI is InChI=1S/C16H19N3O2S/c1-2-12(6-17-3-1)9-21-15-7-19(8-16-18-4-5-22-16)14-11-20-10-13(14)15/h1-6,13-15H,7-11H2/t13-,14+,15-/m0/s1. The Labute approximate surface area is 133 Å². The number of nitrogens with zero attached hydrogens (tertiary/aromatic N) is 3. The van der Waals surface area contributed by atoms with Gasteiger partial charge in [-0.3, -0.25) is 9.88 Å². The number of hydrogen-bond donors (Lipinski definition) is 0. The summed E-state index contributed by atoms with van der Waals surface area (Å²) in [4.78, 5) is 11.0. The van der Waals surface area contributed by atoms with E-state index in [1.54, 1.807) is 17.5 Å². The van der Waals surface area contributed by atoms with E-state index in [1.165, 1.54) is 5.01 Å². The average Bonchev–Trinajstić information content (AvgIpc) is 3.26. The van der Waals surface area contributed by atoms with E-state index in [0.717, 1.165) is 31.9 Å². The molecule has 0 amide bonds. The van der Waals surface area contributed by atoms with E-state index in [9.17, 15) is 0 Å². The maximum Gasteiger partial charge on any atom is 0.107 e. The van der Waals surface area contributed by atoms with Gasteiger partial charge in [0, 0.05) is 42.5 Å². The molecule has 116 valence electrons. The van der Waals surface area contributed by atoms with Crippen molar-refractivity contribution in [3.63, 3.8) is 0 Å². The zero-order valence-corrected chi connectivity index (χ0v) is 13.1. The summed E-state index contributed by atoms with van der Waals surface area (Å²) in [6.07, 6.45) is 5.75. The first kappa shape index (κ1) is 14.3. The van der Waals surface area contributed by atoms with Crippen LogP contribution in [0.4, 0.5) is 0 Å². The second-order valence-electron chi connectivity index (χ2n) is 5.83. The lowest BCUT2D eigenvalue weighted by atomic mass is 10.0. The predicted octanol–water partition coefficient (Wildman–Crippen LogP) is 1.95.